The lowest BCUT2D eigenvalue weighted by molar-refractivity contribution is -0.143. The van der Waals surface area contributed by atoms with E-state index in [1.807, 2.05) is 12.1 Å². The van der Waals surface area contributed by atoms with Crippen LogP contribution in [0.4, 0.5) is 9.59 Å². The van der Waals surface area contributed by atoms with Crippen LogP contribution in [-0.2, 0) is 46.3 Å². The van der Waals surface area contributed by atoms with Crippen molar-refractivity contribution >= 4 is 41.7 Å². The maximum atomic E-state index is 14.8. The lowest BCUT2D eigenvalue weighted by Gasteiger charge is -2.33. The van der Waals surface area contributed by atoms with E-state index in [1.54, 1.807) is 65.8 Å². The zero-order valence-corrected chi connectivity index (χ0v) is 40.1. The summed E-state index contributed by atoms with van der Waals surface area (Å²) in [5, 5.41) is 27.4. The van der Waals surface area contributed by atoms with Crippen LogP contribution in [0.25, 0.3) is 11.1 Å². The Labute approximate surface area is 393 Å². The molecule has 0 saturated heterocycles. The lowest BCUT2D eigenvalue weighted by atomic mass is 9.95. The first kappa shape index (κ1) is 55.3. The average Bonchev–Trinajstić information content (AvgIpc) is 3.24. The minimum absolute atomic E-state index is 0.0154. The van der Waals surface area contributed by atoms with Gasteiger partial charge in [-0.15, -0.1) is 0 Å². The molecule has 7 amide bonds. The van der Waals surface area contributed by atoms with E-state index in [9.17, 15) is 38.7 Å². The number of likely N-dealkylation sites (N-methyl/N-ethyl adjacent to an activating group) is 1. The highest BCUT2D eigenvalue weighted by atomic mass is 16.6. The normalized spacial score (nSPS) is 17.6. The van der Waals surface area contributed by atoms with Crippen LogP contribution in [0.15, 0.2) is 42.5 Å². The van der Waals surface area contributed by atoms with Crippen molar-refractivity contribution in [3.63, 3.8) is 0 Å². The van der Waals surface area contributed by atoms with Crippen LogP contribution in [0.3, 0.4) is 0 Å². The number of amides is 7. The molecule has 20 heteroatoms. The van der Waals surface area contributed by atoms with Gasteiger partial charge in [0.2, 0.25) is 29.5 Å². The number of carbonyl (C=O) groups is 7. The SMILES string of the molecule is CN1C(=O)[C@H](CCCNC(=O)OC(C)(C)C)NC(=O)[C@@H](NC(=O)OC(C)(C)C)Cc2cc(ccc2O)-c2cccc(c2)C[C@H]1C(=O)N[C@@H](CCCN)C(=O)NCCC[C@H](N)CC(=O)NCCN. The van der Waals surface area contributed by atoms with Gasteiger partial charge in [-0.3, -0.25) is 24.0 Å². The number of rotatable bonds is 19. The minimum atomic E-state index is -1.36. The van der Waals surface area contributed by atoms with Crippen molar-refractivity contribution < 1.29 is 48.1 Å². The van der Waals surface area contributed by atoms with E-state index in [-0.39, 0.29) is 69.8 Å². The molecule has 20 nitrogen and oxygen atoms in total. The van der Waals surface area contributed by atoms with Crippen LogP contribution in [-0.4, -0.2) is 133 Å². The standard InChI is InChI=1S/C47H74N10O10/c1-46(2,3)66-44(64)53-22-11-16-35-43(63)57(7)37(42(62)54-34(15-9-19-48)40(60)52-21-10-14-33(50)28-39(59)51-23-20-49)25-29-12-8-13-30(24-29)31-17-18-38(58)32(26-31)27-36(41(61)55-35)56-45(65)67-47(4,5)6/h8,12-13,17-18,24,26,33-37,58H,9-11,14-16,19-23,25,27-28,48-50H2,1-7H3,(H,51,59)(H,52,60)(H,53,64)(H,54,62)(H,55,61)(H,56,65)/t33-,34-,35-,36-,37-/m0/s1. The van der Waals surface area contributed by atoms with E-state index in [0.29, 0.717) is 54.6 Å². The zero-order chi connectivity index (χ0) is 49.9. The molecule has 1 aliphatic rings. The van der Waals surface area contributed by atoms with Gasteiger partial charge >= 0.3 is 12.2 Å². The molecule has 0 unspecified atom stereocenters. The number of carbonyl (C=O) groups excluding carboxylic acids is 7. The van der Waals surface area contributed by atoms with Gasteiger partial charge in [-0.25, -0.2) is 9.59 Å². The van der Waals surface area contributed by atoms with Gasteiger partial charge in [-0.2, -0.15) is 0 Å². The van der Waals surface area contributed by atoms with E-state index >= 15 is 0 Å². The summed E-state index contributed by atoms with van der Waals surface area (Å²) < 4.78 is 10.8. The highest BCUT2D eigenvalue weighted by Gasteiger charge is 2.36. The van der Waals surface area contributed by atoms with Crippen LogP contribution in [0.1, 0.15) is 97.6 Å². The summed E-state index contributed by atoms with van der Waals surface area (Å²) in [6, 6.07) is 6.78. The molecule has 13 N–H and O–H groups in total. The molecule has 5 atom stereocenters. The largest absolute Gasteiger partial charge is 0.508 e. The third kappa shape index (κ3) is 19.8. The molecule has 4 bridgehead atoms. The van der Waals surface area contributed by atoms with E-state index in [1.165, 1.54) is 18.0 Å². The van der Waals surface area contributed by atoms with Crippen LogP contribution in [0, 0.1) is 0 Å². The molecular weight excluding hydrogens is 865 g/mol. The summed E-state index contributed by atoms with van der Waals surface area (Å²) in [6.45, 7) is 11.3. The number of nitrogens with two attached hydrogens (primary N) is 3. The Morgan fingerprint density at radius 3 is 2.16 bits per heavy atom. The molecule has 1 heterocycles. The number of aromatic hydroxyl groups is 1. The van der Waals surface area contributed by atoms with Crippen LogP contribution < -0.4 is 49.1 Å². The predicted molar refractivity (Wildman–Crippen MR) is 253 cm³/mol. The number of benzene rings is 2. The number of hydrogen-bond donors (Lipinski definition) is 10. The van der Waals surface area contributed by atoms with Gasteiger partial charge in [0.15, 0.2) is 0 Å². The highest BCUT2D eigenvalue weighted by Crippen LogP contribution is 2.29. The molecule has 0 spiro atoms. The van der Waals surface area contributed by atoms with Gasteiger partial charge in [0, 0.05) is 58.5 Å². The van der Waals surface area contributed by atoms with Crippen molar-refractivity contribution in [2.75, 3.05) is 39.8 Å². The number of ether oxygens (including phenoxy) is 2. The molecule has 1 aliphatic heterocycles. The first-order valence-electron chi connectivity index (χ1n) is 22.9. The summed E-state index contributed by atoms with van der Waals surface area (Å²) in [4.78, 5) is 96.3. The van der Waals surface area contributed by atoms with Crippen LogP contribution in [0.5, 0.6) is 5.75 Å². The molecule has 0 saturated carbocycles. The van der Waals surface area contributed by atoms with Gasteiger partial charge in [0.1, 0.15) is 41.1 Å². The molecule has 0 aliphatic carbocycles. The van der Waals surface area contributed by atoms with Crippen molar-refractivity contribution in [3.8, 4) is 16.9 Å². The fraction of sp³-hybridized carbons (Fsp3) is 0.596. The Bertz CT molecular complexity index is 2000. The third-order valence-electron chi connectivity index (χ3n) is 10.6. The van der Waals surface area contributed by atoms with Gasteiger partial charge in [-0.1, -0.05) is 30.3 Å². The van der Waals surface area contributed by atoms with Crippen molar-refractivity contribution in [2.45, 2.75) is 141 Å². The topological polar surface area (TPSA) is 312 Å². The number of phenolic OH excluding ortho intramolecular Hbond substituents is 1. The van der Waals surface area contributed by atoms with E-state index in [2.05, 4.69) is 31.9 Å². The molecule has 0 radical (unpaired) electrons. The second-order valence-electron chi connectivity index (χ2n) is 18.8. The number of nitrogens with zero attached hydrogens (tertiary/aromatic N) is 1. The van der Waals surface area contributed by atoms with Crippen molar-refractivity contribution in [1.29, 1.82) is 0 Å². The molecule has 2 aromatic rings. The van der Waals surface area contributed by atoms with Crippen LogP contribution >= 0.6 is 0 Å². The lowest BCUT2D eigenvalue weighted by Crippen LogP contribution is -2.59. The maximum Gasteiger partial charge on any atom is 0.408 e. The molecule has 372 valence electrons. The molecular formula is C47H74N10O10. The highest BCUT2D eigenvalue weighted by molar-refractivity contribution is 5.95. The van der Waals surface area contributed by atoms with Crippen LogP contribution in [0.2, 0.25) is 0 Å². The summed E-state index contributed by atoms with van der Waals surface area (Å²) >= 11 is 0. The summed E-state index contributed by atoms with van der Waals surface area (Å²) in [7, 11) is 1.43. The zero-order valence-electron chi connectivity index (χ0n) is 40.1. The fourth-order valence-corrected chi connectivity index (χ4v) is 7.24. The number of hydrogen-bond acceptors (Lipinski definition) is 13. The second-order valence-corrected chi connectivity index (χ2v) is 18.8. The number of phenols is 1. The monoisotopic (exact) mass is 939 g/mol. The smallest absolute Gasteiger partial charge is 0.408 e. The molecule has 3 rings (SSSR count). The first-order chi connectivity index (χ1) is 31.5. The van der Waals surface area contributed by atoms with Gasteiger partial charge < -0.3 is 68.6 Å². The summed E-state index contributed by atoms with van der Waals surface area (Å²) in [6.07, 6.45) is -0.0694. The molecule has 0 fully saturated rings. The molecule has 0 aromatic heterocycles. The maximum absolute atomic E-state index is 14.8. The molecule has 67 heavy (non-hydrogen) atoms. The summed E-state index contributed by atoms with van der Waals surface area (Å²) in [5.74, 6) is -2.93. The Balaban J connectivity index is 2.02. The second kappa shape index (κ2) is 26.4. The Kier molecular flexibility index (Phi) is 21.8. The Morgan fingerprint density at radius 2 is 1.49 bits per heavy atom. The van der Waals surface area contributed by atoms with Crippen molar-refractivity contribution in [1.82, 2.24) is 36.8 Å². The predicted octanol–water partition coefficient (Wildman–Crippen LogP) is 1.58. The van der Waals surface area contributed by atoms with E-state index < -0.39 is 77.2 Å². The van der Waals surface area contributed by atoms with Crippen molar-refractivity contribution in [2.24, 2.45) is 17.2 Å². The van der Waals surface area contributed by atoms with Gasteiger partial charge in [0.05, 0.1) is 0 Å². The Hall–Kier alpha value is -5.99. The third-order valence-corrected chi connectivity index (χ3v) is 10.6. The quantitative estimate of drug-likeness (QED) is 0.0897. The van der Waals surface area contributed by atoms with E-state index in [0.717, 1.165) is 0 Å². The number of fused-ring (bicyclic) bond motifs is 5. The summed E-state index contributed by atoms with van der Waals surface area (Å²) in [5.41, 5.74) is 18.1. The molecule has 2 aromatic carbocycles. The minimum Gasteiger partial charge on any atom is -0.508 e. The van der Waals surface area contributed by atoms with Gasteiger partial charge in [0.25, 0.3) is 0 Å². The number of alkyl carbamates (subject to hydrolysis) is 2. The van der Waals surface area contributed by atoms with Crippen molar-refractivity contribution in [3.05, 3.63) is 53.6 Å². The fourth-order valence-electron chi connectivity index (χ4n) is 7.24. The Morgan fingerprint density at radius 1 is 0.821 bits per heavy atom. The average molecular weight is 939 g/mol. The van der Waals surface area contributed by atoms with Gasteiger partial charge in [-0.05, 0) is 121 Å². The first-order valence-corrected chi connectivity index (χ1v) is 22.9. The van der Waals surface area contributed by atoms with E-state index in [4.69, 9.17) is 26.7 Å². The number of nitrogens with one attached hydrogen (secondary N) is 6.